The molecule has 3 aromatic rings. The van der Waals surface area contributed by atoms with Crippen LogP contribution in [0.3, 0.4) is 0 Å². The highest BCUT2D eigenvalue weighted by molar-refractivity contribution is 5.71. The molecule has 0 bridgehead atoms. The second-order valence-electron chi connectivity index (χ2n) is 5.49. The van der Waals surface area contributed by atoms with E-state index in [0.717, 1.165) is 6.07 Å². The van der Waals surface area contributed by atoms with Crippen LogP contribution in [-0.2, 0) is 5.11 Å². The van der Waals surface area contributed by atoms with Crippen LogP contribution >= 0.6 is 0 Å². The summed E-state index contributed by atoms with van der Waals surface area (Å²) in [4.78, 5) is 0. The standard InChI is InChI=1S/C20H14F3O4/c1-25-18-10-9-15(12-19(18)27-20(21,22)23)26-14-6-4-5-13(11-14)16-7-2-3-8-17(16)24/h2-12H,1H3. The smallest absolute Gasteiger partial charge is 0.493 e. The molecule has 0 saturated carbocycles. The highest BCUT2D eigenvalue weighted by atomic mass is 19.4. The summed E-state index contributed by atoms with van der Waals surface area (Å²) < 4.78 is 52.1. The number of benzene rings is 3. The maximum Gasteiger partial charge on any atom is 0.573 e. The maximum absolute atomic E-state index is 12.5. The fourth-order valence-electron chi connectivity index (χ4n) is 2.49. The number of para-hydroxylation sites is 1. The monoisotopic (exact) mass is 375 g/mol. The van der Waals surface area contributed by atoms with Crippen LogP contribution < -0.4 is 14.2 Å². The van der Waals surface area contributed by atoms with Gasteiger partial charge in [0.05, 0.1) is 7.11 Å². The van der Waals surface area contributed by atoms with Gasteiger partial charge in [0.15, 0.2) is 17.2 Å². The van der Waals surface area contributed by atoms with Crippen LogP contribution in [0.15, 0.2) is 66.7 Å². The summed E-state index contributed by atoms with van der Waals surface area (Å²) in [7, 11) is 1.24. The Morgan fingerprint density at radius 2 is 1.56 bits per heavy atom. The van der Waals surface area contributed by atoms with E-state index in [1.54, 1.807) is 42.5 Å². The Hall–Kier alpha value is -3.35. The molecule has 0 heterocycles. The van der Waals surface area contributed by atoms with E-state index in [4.69, 9.17) is 9.47 Å². The van der Waals surface area contributed by atoms with Gasteiger partial charge in [0, 0.05) is 11.6 Å². The van der Waals surface area contributed by atoms with Crippen molar-refractivity contribution >= 4 is 0 Å². The number of alkyl halides is 3. The van der Waals surface area contributed by atoms with Crippen molar-refractivity contribution in [3.8, 4) is 39.9 Å². The molecule has 139 valence electrons. The second-order valence-corrected chi connectivity index (χ2v) is 5.49. The van der Waals surface area contributed by atoms with Crippen LogP contribution in [0.1, 0.15) is 0 Å². The lowest BCUT2D eigenvalue weighted by Gasteiger charge is -2.14. The Balaban J connectivity index is 1.88. The molecule has 0 aliphatic heterocycles. The van der Waals surface area contributed by atoms with Crippen molar-refractivity contribution in [2.45, 2.75) is 6.36 Å². The van der Waals surface area contributed by atoms with Crippen molar-refractivity contribution in [1.29, 1.82) is 0 Å². The Kier molecular flexibility index (Phi) is 5.12. The first-order valence-corrected chi connectivity index (χ1v) is 7.84. The number of methoxy groups -OCH3 is 1. The lowest BCUT2D eigenvalue weighted by Crippen LogP contribution is -2.17. The quantitative estimate of drug-likeness (QED) is 0.534. The summed E-state index contributed by atoms with van der Waals surface area (Å²) in [5, 5.41) is 12.0. The molecule has 0 aromatic heterocycles. The van der Waals surface area contributed by atoms with Gasteiger partial charge in [-0.1, -0.05) is 30.3 Å². The van der Waals surface area contributed by atoms with Gasteiger partial charge >= 0.3 is 6.36 Å². The van der Waals surface area contributed by atoms with Gasteiger partial charge in [-0.3, -0.25) is 5.11 Å². The highest BCUT2D eigenvalue weighted by Gasteiger charge is 2.32. The molecule has 7 heteroatoms. The van der Waals surface area contributed by atoms with E-state index in [0.29, 0.717) is 16.9 Å². The van der Waals surface area contributed by atoms with Crippen LogP contribution in [0.5, 0.6) is 28.7 Å². The van der Waals surface area contributed by atoms with E-state index in [-0.39, 0.29) is 17.2 Å². The zero-order chi connectivity index (χ0) is 19.4. The van der Waals surface area contributed by atoms with E-state index < -0.39 is 12.1 Å². The average molecular weight is 375 g/mol. The molecule has 0 aliphatic carbocycles. The summed E-state index contributed by atoms with van der Waals surface area (Å²) >= 11 is 0. The lowest BCUT2D eigenvalue weighted by atomic mass is 10.0. The minimum Gasteiger partial charge on any atom is -0.493 e. The fourth-order valence-corrected chi connectivity index (χ4v) is 2.49. The van der Waals surface area contributed by atoms with Gasteiger partial charge in [-0.15, -0.1) is 13.2 Å². The normalized spacial score (nSPS) is 11.1. The second kappa shape index (κ2) is 7.49. The van der Waals surface area contributed by atoms with Crippen LogP contribution in [0, 0.1) is 0 Å². The third-order valence-corrected chi connectivity index (χ3v) is 3.63. The molecular weight excluding hydrogens is 361 g/mol. The van der Waals surface area contributed by atoms with Crippen LogP contribution in [0.4, 0.5) is 13.2 Å². The SMILES string of the molecule is COc1ccc(Oc2cccc(-c3ccccc3[O])c2)cc1OC(F)(F)F. The largest absolute Gasteiger partial charge is 0.573 e. The summed E-state index contributed by atoms with van der Waals surface area (Å²) in [5.41, 5.74) is 1.14. The van der Waals surface area contributed by atoms with Crippen molar-refractivity contribution in [1.82, 2.24) is 0 Å². The summed E-state index contributed by atoms with van der Waals surface area (Å²) in [6.45, 7) is 0. The average Bonchev–Trinajstić information content (AvgIpc) is 2.61. The van der Waals surface area contributed by atoms with E-state index in [9.17, 15) is 18.3 Å². The minimum absolute atomic E-state index is 0.0753. The summed E-state index contributed by atoms with van der Waals surface area (Å²) in [6.07, 6.45) is -4.86. The van der Waals surface area contributed by atoms with Gasteiger partial charge in [-0.2, -0.15) is 0 Å². The Morgan fingerprint density at radius 3 is 2.26 bits per heavy atom. The van der Waals surface area contributed by atoms with Gasteiger partial charge < -0.3 is 14.2 Å². The predicted octanol–water partition coefficient (Wildman–Crippen LogP) is 6.20. The number of rotatable bonds is 5. The highest BCUT2D eigenvalue weighted by Crippen LogP contribution is 2.37. The van der Waals surface area contributed by atoms with Crippen LogP contribution in [0.2, 0.25) is 0 Å². The molecule has 0 fully saturated rings. The molecule has 0 saturated heterocycles. The summed E-state index contributed by atoms with van der Waals surface area (Å²) in [6, 6.07) is 17.1. The van der Waals surface area contributed by atoms with Gasteiger partial charge in [0.1, 0.15) is 11.5 Å². The first kappa shape index (κ1) is 18.4. The Labute approximate surface area is 153 Å². The molecule has 4 nitrogen and oxygen atoms in total. The van der Waals surface area contributed by atoms with Crippen LogP contribution in [-0.4, -0.2) is 13.5 Å². The topological polar surface area (TPSA) is 47.6 Å². The summed E-state index contributed by atoms with van der Waals surface area (Å²) in [5.74, 6) is -0.237. The van der Waals surface area contributed by atoms with Crippen molar-refractivity contribution in [3.05, 3.63) is 66.7 Å². The van der Waals surface area contributed by atoms with Crippen molar-refractivity contribution < 1.29 is 32.5 Å². The number of ether oxygens (including phenoxy) is 3. The van der Waals surface area contributed by atoms with E-state index >= 15 is 0 Å². The Bertz CT molecular complexity index is 939. The van der Waals surface area contributed by atoms with Crippen LogP contribution in [0.25, 0.3) is 11.1 Å². The van der Waals surface area contributed by atoms with Crippen molar-refractivity contribution in [2.75, 3.05) is 7.11 Å². The van der Waals surface area contributed by atoms with Gasteiger partial charge in [-0.05, 0) is 35.9 Å². The van der Waals surface area contributed by atoms with E-state index in [1.807, 2.05) is 0 Å². The zero-order valence-corrected chi connectivity index (χ0v) is 14.1. The minimum atomic E-state index is -4.86. The molecule has 3 aromatic carbocycles. The molecular formula is C20H14F3O4. The Morgan fingerprint density at radius 1 is 0.815 bits per heavy atom. The van der Waals surface area contributed by atoms with Gasteiger partial charge in [0.25, 0.3) is 0 Å². The van der Waals surface area contributed by atoms with Crippen molar-refractivity contribution in [2.24, 2.45) is 0 Å². The van der Waals surface area contributed by atoms with Crippen molar-refractivity contribution in [3.63, 3.8) is 0 Å². The number of hydrogen-bond donors (Lipinski definition) is 0. The fraction of sp³-hybridized carbons (Fsp3) is 0.100. The van der Waals surface area contributed by atoms with E-state index in [1.165, 1.54) is 25.3 Å². The first-order chi connectivity index (χ1) is 12.9. The lowest BCUT2D eigenvalue weighted by molar-refractivity contribution is -0.275. The van der Waals surface area contributed by atoms with Gasteiger partial charge in [0.2, 0.25) is 0 Å². The molecule has 0 atom stereocenters. The number of hydrogen-bond acceptors (Lipinski definition) is 3. The molecule has 3 rings (SSSR count). The predicted molar refractivity (Wildman–Crippen MR) is 91.8 cm³/mol. The van der Waals surface area contributed by atoms with Gasteiger partial charge in [-0.25, -0.2) is 0 Å². The maximum atomic E-state index is 12.5. The van der Waals surface area contributed by atoms with E-state index in [2.05, 4.69) is 4.74 Å². The first-order valence-electron chi connectivity index (χ1n) is 7.84. The number of halogens is 3. The third kappa shape index (κ3) is 4.63. The zero-order valence-electron chi connectivity index (χ0n) is 14.1. The molecule has 0 aliphatic rings. The molecule has 0 spiro atoms. The molecule has 27 heavy (non-hydrogen) atoms. The third-order valence-electron chi connectivity index (χ3n) is 3.63. The molecule has 0 amide bonds. The molecule has 0 N–H and O–H groups in total. The molecule has 1 radical (unpaired) electrons. The molecule has 0 unspecified atom stereocenters.